The summed E-state index contributed by atoms with van der Waals surface area (Å²) in [7, 11) is 0. The molecule has 1 rings (SSSR count). The highest BCUT2D eigenvalue weighted by Gasteiger charge is 2.37. The first-order chi connectivity index (χ1) is 6.45. The molecule has 1 saturated heterocycles. The van der Waals surface area contributed by atoms with Gasteiger partial charge in [-0.25, -0.2) is 0 Å². The number of halogens is 3. The zero-order chi connectivity index (χ0) is 10.8. The third-order valence-corrected chi connectivity index (χ3v) is 2.54. The van der Waals surface area contributed by atoms with Crippen LogP contribution in [0.1, 0.15) is 12.8 Å². The van der Waals surface area contributed by atoms with Crippen LogP contribution < -0.4 is 0 Å². The van der Waals surface area contributed by atoms with Gasteiger partial charge in [0.1, 0.15) is 0 Å². The molecule has 1 aliphatic heterocycles. The van der Waals surface area contributed by atoms with Crippen LogP contribution in [0.2, 0.25) is 0 Å². The number of carbonyl (C=O) groups excluding carboxylic acids is 1. The van der Waals surface area contributed by atoms with E-state index in [0.717, 1.165) is 0 Å². The van der Waals surface area contributed by atoms with Crippen molar-refractivity contribution in [2.45, 2.75) is 19.0 Å². The number of alkyl halides is 3. The van der Waals surface area contributed by atoms with Gasteiger partial charge in [0.25, 0.3) is 0 Å². The summed E-state index contributed by atoms with van der Waals surface area (Å²) in [5, 5.41) is 0. The van der Waals surface area contributed by atoms with Crippen molar-refractivity contribution >= 4 is 6.41 Å². The van der Waals surface area contributed by atoms with Gasteiger partial charge in [-0.05, 0) is 18.8 Å². The second kappa shape index (κ2) is 4.02. The molecular formula is C9H12F3NO. The fourth-order valence-electron chi connectivity index (χ4n) is 1.58. The molecule has 0 N–H and O–H groups in total. The standard InChI is InChI=1S/C9H12F3NO/c1-7(9(10,11)12)8-2-4-13(6-14)5-3-8/h6,8H,1-5H2. The lowest BCUT2D eigenvalue weighted by Gasteiger charge is -2.30. The van der Waals surface area contributed by atoms with Crippen LogP contribution in [0, 0.1) is 5.92 Å². The van der Waals surface area contributed by atoms with Crippen LogP contribution in [-0.2, 0) is 4.79 Å². The zero-order valence-electron chi connectivity index (χ0n) is 7.68. The first-order valence-corrected chi connectivity index (χ1v) is 4.40. The molecule has 0 aliphatic carbocycles. The smallest absolute Gasteiger partial charge is 0.345 e. The van der Waals surface area contributed by atoms with Gasteiger partial charge in [0.05, 0.1) is 0 Å². The molecule has 1 heterocycles. The molecular weight excluding hydrogens is 195 g/mol. The Morgan fingerprint density at radius 2 is 1.86 bits per heavy atom. The van der Waals surface area contributed by atoms with E-state index in [4.69, 9.17) is 0 Å². The topological polar surface area (TPSA) is 20.3 Å². The Morgan fingerprint density at radius 1 is 1.36 bits per heavy atom. The Labute approximate surface area is 80.4 Å². The maximum atomic E-state index is 12.2. The van der Waals surface area contributed by atoms with Gasteiger partial charge >= 0.3 is 6.18 Å². The highest BCUT2D eigenvalue weighted by Crippen LogP contribution is 2.34. The lowest BCUT2D eigenvalue weighted by Crippen LogP contribution is -2.35. The number of amides is 1. The molecule has 0 radical (unpaired) electrons. The molecule has 0 spiro atoms. The van der Waals surface area contributed by atoms with E-state index in [0.29, 0.717) is 32.3 Å². The van der Waals surface area contributed by atoms with E-state index < -0.39 is 17.7 Å². The van der Waals surface area contributed by atoms with Crippen molar-refractivity contribution in [3.05, 3.63) is 12.2 Å². The molecule has 80 valence electrons. The van der Waals surface area contributed by atoms with E-state index >= 15 is 0 Å². The van der Waals surface area contributed by atoms with Gasteiger partial charge in [-0.1, -0.05) is 6.58 Å². The van der Waals surface area contributed by atoms with Gasteiger partial charge < -0.3 is 4.90 Å². The van der Waals surface area contributed by atoms with Crippen LogP contribution in [0.15, 0.2) is 12.2 Å². The van der Waals surface area contributed by atoms with E-state index in [9.17, 15) is 18.0 Å². The average Bonchev–Trinajstić information content (AvgIpc) is 2.15. The van der Waals surface area contributed by atoms with Crippen LogP contribution >= 0.6 is 0 Å². The summed E-state index contributed by atoms with van der Waals surface area (Å²) in [4.78, 5) is 11.8. The third-order valence-electron chi connectivity index (χ3n) is 2.54. The first-order valence-electron chi connectivity index (χ1n) is 4.40. The fourth-order valence-corrected chi connectivity index (χ4v) is 1.58. The predicted molar refractivity (Wildman–Crippen MR) is 45.6 cm³/mol. The normalized spacial score (nSPS) is 19.5. The van der Waals surface area contributed by atoms with Crippen LogP contribution in [-0.4, -0.2) is 30.6 Å². The molecule has 0 saturated carbocycles. The summed E-state index contributed by atoms with van der Waals surface area (Å²) in [6.07, 6.45) is -2.91. The number of allylic oxidation sites excluding steroid dienone is 1. The minimum absolute atomic E-state index is 0.358. The fraction of sp³-hybridized carbons (Fsp3) is 0.667. The Morgan fingerprint density at radius 3 is 2.21 bits per heavy atom. The number of hydrogen-bond donors (Lipinski definition) is 0. The number of likely N-dealkylation sites (tertiary alicyclic amines) is 1. The molecule has 2 nitrogen and oxygen atoms in total. The van der Waals surface area contributed by atoms with Crippen LogP contribution in [0.25, 0.3) is 0 Å². The highest BCUT2D eigenvalue weighted by molar-refractivity contribution is 5.47. The van der Waals surface area contributed by atoms with Crippen molar-refractivity contribution in [2.24, 2.45) is 5.92 Å². The number of carbonyl (C=O) groups is 1. The zero-order valence-corrected chi connectivity index (χ0v) is 7.68. The highest BCUT2D eigenvalue weighted by atomic mass is 19.4. The molecule has 0 bridgehead atoms. The molecule has 1 aliphatic rings. The molecule has 0 aromatic rings. The number of hydrogen-bond acceptors (Lipinski definition) is 1. The predicted octanol–water partition coefficient (Wildman–Crippen LogP) is 1.97. The van der Waals surface area contributed by atoms with Gasteiger partial charge in [-0.3, -0.25) is 4.79 Å². The van der Waals surface area contributed by atoms with Gasteiger partial charge in [-0.2, -0.15) is 13.2 Å². The van der Waals surface area contributed by atoms with Crippen molar-refractivity contribution in [1.82, 2.24) is 4.90 Å². The number of piperidine rings is 1. The second-order valence-corrected chi connectivity index (χ2v) is 3.44. The van der Waals surface area contributed by atoms with E-state index in [1.807, 2.05) is 0 Å². The van der Waals surface area contributed by atoms with Gasteiger partial charge in [0.2, 0.25) is 6.41 Å². The summed E-state index contributed by atoms with van der Waals surface area (Å²) in [5.41, 5.74) is -0.664. The molecule has 5 heteroatoms. The molecule has 14 heavy (non-hydrogen) atoms. The van der Waals surface area contributed by atoms with E-state index in [2.05, 4.69) is 6.58 Å². The molecule has 1 fully saturated rings. The minimum Gasteiger partial charge on any atom is -0.345 e. The van der Waals surface area contributed by atoms with E-state index in [1.165, 1.54) is 4.90 Å². The molecule has 0 aromatic carbocycles. The largest absolute Gasteiger partial charge is 0.412 e. The van der Waals surface area contributed by atoms with E-state index in [-0.39, 0.29) is 0 Å². The first kappa shape index (κ1) is 11.1. The summed E-state index contributed by atoms with van der Waals surface area (Å²) >= 11 is 0. The molecule has 0 atom stereocenters. The Bertz CT molecular complexity index is 229. The number of nitrogens with zero attached hydrogens (tertiary/aromatic N) is 1. The number of rotatable bonds is 2. The van der Waals surface area contributed by atoms with Gasteiger partial charge in [-0.15, -0.1) is 0 Å². The SMILES string of the molecule is C=C(C1CCN(C=O)CC1)C(F)(F)F. The molecule has 0 aromatic heterocycles. The summed E-state index contributed by atoms with van der Waals surface area (Å²) in [6, 6.07) is 0. The van der Waals surface area contributed by atoms with Crippen molar-refractivity contribution in [2.75, 3.05) is 13.1 Å². The monoisotopic (exact) mass is 207 g/mol. The third kappa shape index (κ3) is 2.49. The average molecular weight is 207 g/mol. The Balaban J connectivity index is 2.50. The Hall–Kier alpha value is -1.00. The lowest BCUT2D eigenvalue weighted by molar-refractivity contribution is -0.120. The minimum atomic E-state index is -4.30. The quantitative estimate of drug-likeness (QED) is 0.500. The summed E-state index contributed by atoms with van der Waals surface area (Å²) < 4.78 is 36.7. The van der Waals surface area contributed by atoms with E-state index in [1.54, 1.807) is 0 Å². The maximum Gasteiger partial charge on any atom is 0.412 e. The van der Waals surface area contributed by atoms with Crippen molar-refractivity contribution in [1.29, 1.82) is 0 Å². The lowest BCUT2D eigenvalue weighted by atomic mass is 9.90. The van der Waals surface area contributed by atoms with Crippen molar-refractivity contribution in [3.63, 3.8) is 0 Å². The van der Waals surface area contributed by atoms with Crippen molar-refractivity contribution < 1.29 is 18.0 Å². The van der Waals surface area contributed by atoms with Crippen LogP contribution in [0.3, 0.4) is 0 Å². The Kier molecular flexibility index (Phi) is 3.18. The molecule has 1 amide bonds. The summed E-state index contributed by atoms with van der Waals surface area (Å²) in [6.45, 7) is 3.85. The summed E-state index contributed by atoms with van der Waals surface area (Å²) in [5.74, 6) is -0.522. The van der Waals surface area contributed by atoms with Crippen LogP contribution in [0.4, 0.5) is 13.2 Å². The second-order valence-electron chi connectivity index (χ2n) is 3.44. The van der Waals surface area contributed by atoms with Gasteiger partial charge in [0, 0.05) is 18.7 Å². The van der Waals surface area contributed by atoms with Gasteiger partial charge in [0.15, 0.2) is 0 Å². The van der Waals surface area contributed by atoms with Crippen LogP contribution in [0.5, 0.6) is 0 Å². The maximum absolute atomic E-state index is 12.2. The molecule has 0 unspecified atom stereocenters. The van der Waals surface area contributed by atoms with Crippen molar-refractivity contribution in [3.8, 4) is 0 Å².